The molecule has 0 spiro atoms. The third-order valence-electron chi connectivity index (χ3n) is 2.40. The maximum Gasteiger partial charge on any atom is 0.311 e. The second-order valence-corrected chi connectivity index (χ2v) is 5.15. The van der Waals surface area contributed by atoms with Crippen molar-refractivity contribution in [2.24, 2.45) is 5.41 Å². The Bertz CT molecular complexity index is 399. The highest BCUT2D eigenvalue weighted by molar-refractivity contribution is 5.75. The maximum absolute atomic E-state index is 13.3. The van der Waals surface area contributed by atoms with Crippen LogP contribution in [0.4, 0.5) is 4.39 Å². The Labute approximate surface area is 107 Å². The Morgan fingerprint density at radius 1 is 1.33 bits per heavy atom. The van der Waals surface area contributed by atoms with Crippen LogP contribution < -0.4 is 5.32 Å². The summed E-state index contributed by atoms with van der Waals surface area (Å²) in [5.74, 6) is -0.452. The molecular formula is C14H20FNO2. The maximum atomic E-state index is 13.3. The van der Waals surface area contributed by atoms with Crippen LogP contribution in [0.5, 0.6) is 0 Å². The monoisotopic (exact) mass is 253 g/mol. The zero-order valence-corrected chi connectivity index (χ0v) is 11.1. The number of hydrogen-bond acceptors (Lipinski definition) is 3. The van der Waals surface area contributed by atoms with Gasteiger partial charge in [0.2, 0.25) is 0 Å². The molecule has 4 heteroatoms. The normalized spacial score (nSPS) is 11.3. The SMILES string of the molecule is CC(C)(C)C(=O)OCCNCc1ccccc1F. The zero-order valence-electron chi connectivity index (χ0n) is 11.1. The summed E-state index contributed by atoms with van der Waals surface area (Å²) in [4.78, 5) is 11.4. The van der Waals surface area contributed by atoms with Crippen LogP contribution in [0.25, 0.3) is 0 Å². The average molecular weight is 253 g/mol. The van der Waals surface area contributed by atoms with Gasteiger partial charge in [0.05, 0.1) is 5.41 Å². The molecule has 1 rings (SSSR count). The predicted octanol–water partition coefficient (Wildman–Crippen LogP) is 2.50. The molecule has 1 N–H and O–H groups in total. The van der Waals surface area contributed by atoms with E-state index in [1.165, 1.54) is 6.07 Å². The summed E-state index contributed by atoms with van der Waals surface area (Å²) in [5.41, 5.74) is 0.130. The molecule has 0 radical (unpaired) electrons. The number of carbonyl (C=O) groups excluding carboxylic acids is 1. The largest absolute Gasteiger partial charge is 0.464 e. The summed E-state index contributed by atoms with van der Waals surface area (Å²) in [6, 6.07) is 6.60. The van der Waals surface area contributed by atoms with Crippen LogP contribution in [0.2, 0.25) is 0 Å². The number of esters is 1. The summed E-state index contributed by atoms with van der Waals surface area (Å²) in [7, 11) is 0. The van der Waals surface area contributed by atoms with E-state index in [2.05, 4.69) is 5.32 Å². The van der Waals surface area contributed by atoms with Gasteiger partial charge in [-0.2, -0.15) is 0 Å². The molecule has 0 aliphatic rings. The number of hydrogen-bond donors (Lipinski definition) is 1. The Kier molecular flexibility index (Phi) is 5.28. The molecule has 0 saturated carbocycles. The Hall–Kier alpha value is -1.42. The molecule has 100 valence electrons. The van der Waals surface area contributed by atoms with Crippen molar-refractivity contribution in [1.82, 2.24) is 5.32 Å². The molecule has 0 aromatic heterocycles. The number of ether oxygens (including phenoxy) is 1. The van der Waals surface area contributed by atoms with Gasteiger partial charge in [-0.1, -0.05) is 18.2 Å². The lowest BCUT2D eigenvalue weighted by molar-refractivity contribution is -0.152. The van der Waals surface area contributed by atoms with Gasteiger partial charge in [-0.3, -0.25) is 4.79 Å². The molecule has 1 aromatic rings. The molecular weight excluding hydrogens is 233 g/mol. The molecule has 0 amide bonds. The van der Waals surface area contributed by atoms with E-state index in [-0.39, 0.29) is 11.8 Å². The molecule has 0 fully saturated rings. The van der Waals surface area contributed by atoms with Crippen molar-refractivity contribution in [3.8, 4) is 0 Å². The van der Waals surface area contributed by atoms with Gasteiger partial charge in [0.25, 0.3) is 0 Å². The van der Waals surface area contributed by atoms with E-state index in [0.29, 0.717) is 25.3 Å². The van der Waals surface area contributed by atoms with Gasteiger partial charge in [-0.15, -0.1) is 0 Å². The summed E-state index contributed by atoms with van der Waals surface area (Å²) >= 11 is 0. The van der Waals surface area contributed by atoms with E-state index in [4.69, 9.17) is 4.74 Å². The average Bonchev–Trinajstić information content (AvgIpc) is 2.29. The van der Waals surface area contributed by atoms with E-state index in [1.807, 2.05) is 20.8 Å². The minimum Gasteiger partial charge on any atom is -0.464 e. The summed E-state index contributed by atoms with van der Waals surface area (Å²) in [6.45, 7) is 6.66. The van der Waals surface area contributed by atoms with Crippen LogP contribution in [0.15, 0.2) is 24.3 Å². The molecule has 0 heterocycles. The number of nitrogens with one attached hydrogen (secondary N) is 1. The summed E-state index contributed by atoms with van der Waals surface area (Å²) in [5, 5.41) is 3.03. The first-order valence-corrected chi connectivity index (χ1v) is 6.02. The lowest BCUT2D eigenvalue weighted by atomic mass is 9.97. The van der Waals surface area contributed by atoms with Gasteiger partial charge >= 0.3 is 5.97 Å². The van der Waals surface area contributed by atoms with Gasteiger partial charge in [0.15, 0.2) is 0 Å². The quantitative estimate of drug-likeness (QED) is 0.647. The highest BCUT2D eigenvalue weighted by atomic mass is 19.1. The first-order chi connectivity index (χ1) is 8.41. The van der Waals surface area contributed by atoms with E-state index in [9.17, 15) is 9.18 Å². The van der Waals surface area contributed by atoms with Crippen molar-refractivity contribution in [2.45, 2.75) is 27.3 Å². The van der Waals surface area contributed by atoms with E-state index in [0.717, 1.165) is 0 Å². The number of halogens is 1. The van der Waals surface area contributed by atoms with Crippen molar-refractivity contribution >= 4 is 5.97 Å². The van der Waals surface area contributed by atoms with Gasteiger partial charge in [-0.25, -0.2) is 4.39 Å². The molecule has 3 nitrogen and oxygen atoms in total. The first-order valence-electron chi connectivity index (χ1n) is 6.02. The van der Waals surface area contributed by atoms with Gasteiger partial charge in [0, 0.05) is 18.7 Å². The molecule has 18 heavy (non-hydrogen) atoms. The third-order valence-corrected chi connectivity index (χ3v) is 2.40. The van der Waals surface area contributed by atoms with Crippen LogP contribution in [-0.4, -0.2) is 19.1 Å². The molecule has 0 unspecified atom stereocenters. The second-order valence-electron chi connectivity index (χ2n) is 5.15. The fourth-order valence-electron chi connectivity index (χ4n) is 1.30. The minimum absolute atomic E-state index is 0.225. The van der Waals surface area contributed by atoms with E-state index in [1.54, 1.807) is 18.2 Å². The van der Waals surface area contributed by atoms with Crippen molar-refractivity contribution in [3.05, 3.63) is 35.6 Å². The molecule has 0 bridgehead atoms. The van der Waals surface area contributed by atoms with Crippen molar-refractivity contribution in [1.29, 1.82) is 0 Å². The lowest BCUT2D eigenvalue weighted by Gasteiger charge is -2.16. The van der Waals surface area contributed by atoms with Crippen LogP contribution >= 0.6 is 0 Å². The lowest BCUT2D eigenvalue weighted by Crippen LogP contribution is -2.27. The third kappa shape index (κ3) is 4.84. The molecule has 1 aromatic carbocycles. The second kappa shape index (κ2) is 6.50. The zero-order chi connectivity index (χ0) is 13.6. The Morgan fingerprint density at radius 3 is 2.61 bits per heavy atom. The van der Waals surface area contributed by atoms with Crippen LogP contribution in [0.3, 0.4) is 0 Å². The fourth-order valence-corrected chi connectivity index (χ4v) is 1.30. The minimum atomic E-state index is -0.481. The van der Waals surface area contributed by atoms with Crippen molar-refractivity contribution in [2.75, 3.05) is 13.2 Å². The highest BCUT2D eigenvalue weighted by Crippen LogP contribution is 2.14. The van der Waals surface area contributed by atoms with E-state index < -0.39 is 5.41 Å². The van der Waals surface area contributed by atoms with Gasteiger partial charge < -0.3 is 10.1 Å². The van der Waals surface area contributed by atoms with Crippen molar-refractivity contribution < 1.29 is 13.9 Å². The topological polar surface area (TPSA) is 38.3 Å². The Morgan fingerprint density at radius 2 is 2.00 bits per heavy atom. The summed E-state index contributed by atoms with van der Waals surface area (Å²) in [6.07, 6.45) is 0. The fraction of sp³-hybridized carbons (Fsp3) is 0.500. The number of benzene rings is 1. The predicted molar refractivity (Wildman–Crippen MR) is 68.5 cm³/mol. The number of rotatable bonds is 5. The van der Waals surface area contributed by atoms with Crippen LogP contribution in [-0.2, 0) is 16.1 Å². The first kappa shape index (κ1) is 14.6. The Balaban J connectivity index is 2.20. The highest BCUT2D eigenvalue weighted by Gasteiger charge is 2.22. The molecule has 0 saturated heterocycles. The number of carbonyl (C=O) groups is 1. The van der Waals surface area contributed by atoms with Crippen molar-refractivity contribution in [3.63, 3.8) is 0 Å². The van der Waals surface area contributed by atoms with Gasteiger partial charge in [-0.05, 0) is 26.8 Å². The molecule has 0 aliphatic heterocycles. The van der Waals surface area contributed by atoms with Gasteiger partial charge in [0.1, 0.15) is 12.4 Å². The standard InChI is InChI=1S/C14H20FNO2/c1-14(2,3)13(17)18-9-8-16-10-11-6-4-5-7-12(11)15/h4-7,16H,8-10H2,1-3H3. The summed E-state index contributed by atoms with van der Waals surface area (Å²) < 4.78 is 18.3. The van der Waals surface area contributed by atoms with E-state index >= 15 is 0 Å². The molecule has 0 aliphatic carbocycles. The van der Waals surface area contributed by atoms with Crippen LogP contribution in [0.1, 0.15) is 26.3 Å². The smallest absolute Gasteiger partial charge is 0.311 e. The molecule has 0 atom stereocenters. The van der Waals surface area contributed by atoms with Crippen LogP contribution in [0, 0.1) is 11.2 Å².